The highest BCUT2D eigenvalue weighted by atomic mass is 32.2. The molecule has 4 heteroatoms. The molecule has 3 aromatic rings. The number of rotatable bonds is 10. The van der Waals surface area contributed by atoms with E-state index in [-0.39, 0.29) is 5.91 Å². The predicted molar refractivity (Wildman–Crippen MR) is 137 cm³/mol. The van der Waals surface area contributed by atoms with Crippen LogP contribution in [0.15, 0.2) is 65.6 Å². The van der Waals surface area contributed by atoms with Crippen LogP contribution in [0.25, 0.3) is 11.1 Å². The molecule has 3 aromatic carbocycles. The quantitative estimate of drug-likeness (QED) is 0.266. The zero-order chi connectivity index (χ0) is 22.9. The Kier molecular flexibility index (Phi) is 8.95. The monoisotopic (exact) mass is 446 g/mol. The maximum Gasteiger partial charge on any atom is 0.251 e. The molecule has 0 radical (unpaired) electrons. The average Bonchev–Trinajstić information content (AvgIpc) is 2.79. The van der Waals surface area contributed by atoms with Gasteiger partial charge in [-0.15, -0.1) is 0 Å². The van der Waals surface area contributed by atoms with Crippen LogP contribution in [0.2, 0.25) is 0 Å². The van der Waals surface area contributed by atoms with E-state index in [4.69, 9.17) is 0 Å². The van der Waals surface area contributed by atoms with Crippen LogP contribution in [0.1, 0.15) is 51.9 Å². The van der Waals surface area contributed by atoms with Gasteiger partial charge in [-0.1, -0.05) is 48.9 Å². The summed E-state index contributed by atoms with van der Waals surface area (Å²) >= 11 is 1.71. The van der Waals surface area contributed by atoms with Gasteiger partial charge in [-0.2, -0.15) is 0 Å². The summed E-state index contributed by atoms with van der Waals surface area (Å²) in [5, 5.41) is 3.08. The van der Waals surface area contributed by atoms with Crippen molar-refractivity contribution in [3.63, 3.8) is 0 Å². The van der Waals surface area contributed by atoms with E-state index in [1.807, 2.05) is 30.3 Å². The van der Waals surface area contributed by atoms with Crippen LogP contribution in [0.3, 0.4) is 0 Å². The molecule has 0 heterocycles. The summed E-state index contributed by atoms with van der Waals surface area (Å²) in [6.45, 7) is 10.2. The maximum absolute atomic E-state index is 12.6. The van der Waals surface area contributed by atoms with E-state index in [9.17, 15) is 4.79 Å². The van der Waals surface area contributed by atoms with E-state index in [1.54, 1.807) is 11.9 Å². The largest absolute Gasteiger partial charge is 0.352 e. The average molecular weight is 447 g/mol. The van der Waals surface area contributed by atoms with E-state index in [0.29, 0.717) is 6.54 Å². The van der Waals surface area contributed by atoms with Gasteiger partial charge in [0.25, 0.3) is 5.91 Å². The minimum atomic E-state index is 0.00318. The second-order valence-electron chi connectivity index (χ2n) is 8.36. The van der Waals surface area contributed by atoms with E-state index in [2.05, 4.69) is 68.1 Å². The lowest BCUT2D eigenvalue weighted by atomic mass is 9.95. The first kappa shape index (κ1) is 24.1. The Morgan fingerprint density at radius 1 is 0.750 bits per heavy atom. The molecule has 0 aliphatic heterocycles. The van der Waals surface area contributed by atoms with Gasteiger partial charge in [-0.05, 0) is 104 Å². The van der Waals surface area contributed by atoms with Gasteiger partial charge in [0, 0.05) is 23.5 Å². The number of unbranched alkanes of at least 4 members (excludes halogenated alkanes) is 2. The summed E-state index contributed by atoms with van der Waals surface area (Å²) < 4.78 is 3.46. The van der Waals surface area contributed by atoms with Crippen molar-refractivity contribution in [1.29, 1.82) is 0 Å². The first-order chi connectivity index (χ1) is 15.5. The third kappa shape index (κ3) is 6.47. The van der Waals surface area contributed by atoms with E-state index < -0.39 is 0 Å². The molecule has 1 amide bonds. The molecule has 32 heavy (non-hydrogen) atoms. The highest BCUT2D eigenvalue weighted by Crippen LogP contribution is 2.27. The maximum atomic E-state index is 12.6. The van der Waals surface area contributed by atoms with Crippen molar-refractivity contribution >= 4 is 17.9 Å². The topological polar surface area (TPSA) is 41.1 Å². The predicted octanol–water partition coefficient (Wildman–Crippen LogP) is 6.78. The molecule has 0 unspecified atom stereocenters. The van der Waals surface area contributed by atoms with Gasteiger partial charge in [0.05, 0.1) is 0 Å². The van der Waals surface area contributed by atoms with Gasteiger partial charge < -0.3 is 5.32 Å². The van der Waals surface area contributed by atoms with Crippen molar-refractivity contribution in [2.75, 3.05) is 13.1 Å². The van der Waals surface area contributed by atoms with Gasteiger partial charge in [0.2, 0.25) is 0 Å². The SMILES string of the molecule is Cc1ccccc1-c1cc(C(=O)NCCCCCNSc2cccc(C)c2C)ccc1C. The van der Waals surface area contributed by atoms with Crippen molar-refractivity contribution in [1.82, 2.24) is 10.0 Å². The standard InChI is InChI=1S/C28H34N2OS/c1-20-12-10-14-27(23(20)4)32-30-18-9-5-8-17-29-28(31)24-16-15-22(3)26(19-24)25-13-7-6-11-21(25)2/h6-7,10-16,19,30H,5,8-9,17-18H2,1-4H3,(H,29,31). The third-order valence-electron chi connectivity index (χ3n) is 5.91. The number of nitrogens with one attached hydrogen (secondary N) is 2. The van der Waals surface area contributed by atoms with Gasteiger partial charge in [0.15, 0.2) is 0 Å². The lowest BCUT2D eigenvalue weighted by Crippen LogP contribution is -2.24. The summed E-state index contributed by atoms with van der Waals surface area (Å²) in [5.41, 5.74) is 8.11. The van der Waals surface area contributed by atoms with Crippen LogP contribution in [-0.2, 0) is 0 Å². The molecular weight excluding hydrogens is 412 g/mol. The minimum Gasteiger partial charge on any atom is -0.352 e. The van der Waals surface area contributed by atoms with Crippen LogP contribution in [0.4, 0.5) is 0 Å². The molecule has 2 N–H and O–H groups in total. The zero-order valence-electron chi connectivity index (χ0n) is 19.6. The van der Waals surface area contributed by atoms with Crippen molar-refractivity contribution in [3.05, 3.63) is 88.5 Å². The van der Waals surface area contributed by atoms with Gasteiger partial charge in [-0.3, -0.25) is 9.52 Å². The van der Waals surface area contributed by atoms with Gasteiger partial charge in [-0.25, -0.2) is 0 Å². The van der Waals surface area contributed by atoms with Crippen molar-refractivity contribution in [2.45, 2.75) is 51.9 Å². The molecule has 0 saturated carbocycles. The van der Waals surface area contributed by atoms with Crippen LogP contribution in [0, 0.1) is 27.7 Å². The minimum absolute atomic E-state index is 0.00318. The molecule has 168 valence electrons. The zero-order valence-corrected chi connectivity index (χ0v) is 20.4. The number of hydrogen-bond acceptors (Lipinski definition) is 3. The smallest absolute Gasteiger partial charge is 0.251 e. The number of carbonyl (C=O) groups excluding carboxylic acids is 1. The van der Waals surface area contributed by atoms with E-state index in [0.717, 1.165) is 36.9 Å². The first-order valence-electron chi connectivity index (χ1n) is 11.4. The summed E-state index contributed by atoms with van der Waals surface area (Å²) in [6.07, 6.45) is 3.16. The fourth-order valence-corrected chi connectivity index (χ4v) is 4.56. The molecule has 0 fully saturated rings. The lowest BCUT2D eigenvalue weighted by molar-refractivity contribution is 0.0953. The Morgan fingerprint density at radius 3 is 2.28 bits per heavy atom. The number of benzene rings is 3. The molecule has 0 spiro atoms. The molecule has 3 nitrogen and oxygen atoms in total. The molecule has 0 aliphatic carbocycles. The molecular formula is C28H34N2OS. The molecule has 0 atom stereocenters. The molecule has 0 aromatic heterocycles. The lowest BCUT2D eigenvalue weighted by Gasteiger charge is -2.12. The Morgan fingerprint density at radius 2 is 1.47 bits per heavy atom. The fraction of sp³-hybridized carbons (Fsp3) is 0.321. The van der Waals surface area contributed by atoms with Crippen molar-refractivity contribution in [2.24, 2.45) is 0 Å². The highest BCUT2D eigenvalue weighted by Gasteiger charge is 2.10. The van der Waals surface area contributed by atoms with Gasteiger partial charge in [0.1, 0.15) is 0 Å². The van der Waals surface area contributed by atoms with Crippen molar-refractivity contribution in [3.8, 4) is 11.1 Å². The van der Waals surface area contributed by atoms with Crippen LogP contribution in [0.5, 0.6) is 0 Å². The Labute approximate surface area is 197 Å². The fourth-order valence-electron chi connectivity index (χ4n) is 3.69. The van der Waals surface area contributed by atoms with Crippen LogP contribution in [-0.4, -0.2) is 19.0 Å². The third-order valence-corrected chi connectivity index (χ3v) is 6.92. The van der Waals surface area contributed by atoms with Crippen LogP contribution >= 0.6 is 11.9 Å². The second kappa shape index (κ2) is 11.9. The number of carbonyl (C=O) groups is 1. The first-order valence-corrected chi connectivity index (χ1v) is 12.2. The Hall–Kier alpha value is -2.56. The number of hydrogen-bond donors (Lipinski definition) is 2. The Bertz CT molecular complexity index is 1060. The summed E-state index contributed by atoms with van der Waals surface area (Å²) in [6, 6.07) is 20.7. The summed E-state index contributed by atoms with van der Waals surface area (Å²) in [7, 11) is 0. The molecule has 0 bridgehead atoms. The number of aryl methyl sites for hydroxylation is 3. The normalized spacial score (nSPS) is 10.9. The summed E-state index contributed by atoms with van der Waals surface area (Å²) in [4.78, 5) is 13.9. The van der Waals surface area contributed by atoms with E-state index in [1.165, 1.54) is 32.7 Å². The van der Waals surface area contributed by atoms with E-state index >= 15 is 0 Å². The van der Waals surface area contributed by atoms with Crippen molar-refractivity contribution < 1.29 is 4.79 Å². The second-order valence-corrected chi connectivity index (χ2v) is 9.29. The number of amides is 1. The Balaban J connectivity index is 1.39. The molecule has 0 aliphatic rings. The molecule has 3 rings (SSSR count). The van der Waals surface area contributed by atoms with Gasteiger partial charge >= 0.3 is 0 Å². The van der Waals surface area contributed by atoms with Crippen LogP contribution < -0.4 is 10.0 Å². The molecule has 0 saturated heterocycles. The highest BCUT2D eigenvalue weighted by molar-refractivity contribution is 7.97. The summed E-state index contributed by atoms with van der Waals surface area (Å²) in [5.74, 6) is 0.00318.